The number of methoxy groups -OCH3 is 2. The minimum absolute atomic E-state index is 0.0226. The van der Waals surface area contributed by atoms with Gasteiger partial charge in [0.15, 0.2) is 0 Å². The van der Waals surface area contributed by atoms with E-state index in [1.165, 1.54) is 7.11 Å². The number of carbonyl (C=O) groups excluding carboxylic acids is 4. The molecule has 2 atom stereocenters. The lowest BCUT2D eigenvalue weighted by Gasteiger charge is -2.23. The third-order valence-corrected chi connectivity index (χ3v) is 7.81. The van der Waals surface area contributed by atoms with Gasteiger partial charge in [0.05, 0.1) is 23.3 Å². The van der Waals surface area contributed by atoms with E-state index >= 15 is 0 Å². The maximum absolute atomic E-state index is 13.2. The first-order valence-electron chi connectivity index (χ1n) is 13.5. The summed E-state index contributed by atoms with van der Waals surface area (Å²) in [5.41, 5.74) is 1.76. The van der Waals surface area contributed by atoms with Crippen LogP contribution in [0.15, 0.2) is 47.1 Å². The van der Waals surface area contributed by atoms with E-state index in [1.54, 1.807) is 40.1 Å². The van der Waals surface area contributed by atoms with Crippen molar-refractivity contribution in [2.45, 2.75) is 57.7 Å². The molecule has 2 aromatic carbocycles. The fraction of sp³-hybridized carbons (Fsp3) is 0.400. The normalized spacial score (nSPS) is 12.6. The van der Waals surface area contributed by atoms with Crippen LogP contribution in [0.5, 0.6) is 5.75 Å². The van der Waals surface area contributed by atoms with Crippen LogP contribution in [0.4, 0.5) is 4.79 Å². The Morgan fingerprint density at radius 1 is 1.02 bits per heavy atom. The smallest absolute Gasteiger partial charge is 0.408 e. The lowest BCUT2D eigenvalue weighted by atomic mass is 10.0. The number of aromatic nitrogens is 1. The summed E-state index contributed by atoms with van der Waals surface area (Å²) in [6.45, 7) is 5.16. The van der Waals surface area contributed by atoms with E-state index in [2.05, 4.69) is 59.5 Å². The van der Waals surface area contributed by atoms with Gasteiger partial charge in [-0.2, -0.15) is 0 Å². The number of H-pyrrole nitrogens is 1. The summed E-state index contributed by atoms with van der Waals surface area (Å²) in [6.07, 6.45) is 1.35. The monoisotopic (exact) mass is 770 g/mol. The molecule has 0 saturated carbocycles. The lowest BCUT2D eigenvalue weighted by Crippen LogP contribution is -2.50. The molecule has 13 heteroatoms. The van der Waals surface area contributed by atoms with Crippen molar-refractivity contribution >= 4 is 73.3 Å². The molecule has 3 aromatic rings. The van der Waals surface area contributed by atoms with E-state index in [9.17, 15) is 19.2 Å². The van der Waals surface area contributed by atoms with E-state index in [-0.39, 0.29) is 25.8 Å². The van der Waals surface area contributed by atoms with Crippen molar-refractivity contribution in [1.82, 2.24) is 20.9 Å². The molecule has 232 valence electrons. The molecule has 0 radical (unpaired) electrons. The second kappa shape index (κ2) is 15.4. The second-order valence-corrected chi connectivity index (χ2v) is 12.8. The Bertz CT molecular complexity index is 1470. The van der Waals surface area contributed by atoms with Crippen molar-refractivity contribution in [3.05, 3.63) is 61.8 Å². The predicted molar refractivity (Wildman–Crippen MR) is 174 cm³/mol. The highest BCUT2D eigenvalue weighted by molar-refractivity contribution is 14.1. The predicted octanol–water partition coefficient (Wildman–Crippen LogP) is 4.39. The van der Waals surface area contributed by atoms with E-state index in [0.29, 0.717) is 5.75 Å². The zero-order valence-corrected chi connectivity index (χ0v) is 28.4. The Morgan fingerprint density at radius 2 is 1.77 bits per heavy atom. The fourth-order valence-electron chi connectivity index (χ4n) is 4.32. The number of hydrogen-bond donors (Lipinski definition) is 4. The Labute approximate surface area is 272 Å². The molecule has 3 rings (SSSR count). The standard InChI is InChI=1S/C30H36BrIN4O7/c1-30(2,3)43-29(40)36-22(14-17-9-10-24(41-4)21(32)13-17)27(38)33-12-11-25(37)35-23(28(39)42-5)15-18-16-34-26-19(18)7-6-8-20(26)31/h6-10,13,16,22-23,34H,11-12,14-15H2,1-5H3,(H,33,38)(H,35,37)(H,36,40)/t22?,23-/m0/s1. The summed E-state index contributed by atoms with van der Waals surface area (Å²) in [7, 11) is 2.83. The summed E-state index contributed by atoms with van der Waals surface area (Å²) in [5.74, 6) is -0.826. The first-order chi connectivity index (χ1) is 20.3. The number of fused-ring (bicyclic) bond motifs is 1. The maximum atomic E-state index is 13.2. The Hall–Kier alpha value is -3.33. The van der Waals surface area contributed by atoms with Crippen LogP contribution in [-0.2, 0) is 36.7 Å². The van der Waals surface area contributed by atoms with Gasteiger partial charge >= 0.3 is 12.1 Å². The van der Waals surface area contributed by atoms with Crippen LogP contribution in [-0.4, -0.2) is 67.3 Å². The Morgan fingerprint density at radius 3 is 2.42 bits per heavy atom. The molecule has 43 heavy (non-hydrogen) atoms. The van der Waals surface area contributed by atoms with Crippen LogP contribution in [0.2, 0.25) is 0 Å². The highest BCUT2D eigenvalue weighted by Crippen LogP contribution is 2.26. The molecule has 0 fully saturated rings. The van der Waals surface area contributed by atoms with E-state index in [1.807, 2.05) is 30.3 Å². The van der Waals surface area contributed by atoms with Gasteiger partial charge in [0, 0.05) is 41.9 Å². The molecular formula is C30H36BrIN4O7. The highest BCUT2D eigenvalue weighted by Gasteiger charge is 2.26. The number of aromatic amines is 1. The Balaban J connectivity index is 1.63. The van der Waals surface area contributed by atoms with Crippen LogP contribution < -0.4 is 20.7 Å². The van der Waals surface area contributed by atoms with Gasteiger partial charge in [-0.15, -0.1) is 0 Å². The largest absolute Gasteiger partial charge is 0.496 e. The van der Waals surface area contributed by atoms with Crippen LogP contribution in [0.25, 0.3) is 10.9 Å². The van der Waals surface area contributed by atoms with Crippen molar-refractivity contribution in [3.63, 3.8) is 0 Å². The van der Waals surface area contributed by atoms with Crippen LogP contribution in [0.1, 0.15) is 38.3 Å². The first-order valence-corrected chi connectivity index (χ1v) is 15.4. The van der Waals surface area contributed by atoms with Crippen LogP contribution in [0.3, 0.4) is 0 Å². The number of nitrogens with one attached hydrogen (secondary N) is 4. The van der Waals surface area contributed by atoms with Crippen molar-refractivity contribution < 1.29 is 33.4 Å². The minimum atomic E-state index is -0.967. The van der Waals surface area contributed by atoms with Gasteiger partial charge in [-0.3, -0.25) is 9.59 Å². The van der Waals surface area contributed by atoms with Crippen molar-refractivity contribution in [3.8, 4) is 5.75 Å². The molecule has 3 amide bonds. The average Bonchev–Trinajstić information content (AvgIpc) is 3.34. The molecule has 0 saturated heterocycles. The number of benzene rings is 2. The molecule has 1 aromatic heterocycles. The number of amides is 3. The van der Waals surface area contributed by atoms with Crippen molar-refractivity contribution in [2.24, 2.45) is 0 Å². The number of hydrogen-bond acceptors (Lipinski definition) is 7. The molecule has 0 aliphatic rings. The number of carbonyl (C=O) groups is 4. The van der Waals surface area contributed by atoms with E-state index in [0.717, 1.165) is 30.1 Å². The van der Waals surface area contributed by atoms with Gasteiger partial charge in [-0.1, -0.05) is 18.2 Å². The summed E-state index contributed by atoms with van der Waals surface area (Å²) in [4.78, 5) is 54.2. The molecule has 1 unspecified atom stereocenters. The van der Waals surface area contributed by atoms with E-state index in [4.69, 9.17) is 14.2 Å². The zero-order chi connectivity index (χ0) is 31.7. The third kappa shape index (κ3) is 10.1. The molecule has 0 aliphatic heterocycles. The number of ether oxygens (including phenoxy) is 3. The molecule has 0 spiro atoms. The van der Waals surface area contributed by atoms with Gasteiger partial charge in [0.1, 0.15) is 23.4 Å². The zero-order valence-electron chi connectivity index (χ0n) is 24.6. The van der Waals surface area contributed by atoms with Gasteiger partial charge in [-0.25, -0.2) is 9.59 Å². The first kappa shape index (κ1) is 34.2. The fourth-order valence-corrected chi connectivity index (χ4v) is 5.60. The summed E-state index contributed by atoms with van der Waals surface area (Å²) in [5, 5.41) is 8.97. The molecule has 11 nitrogen and oxygen atoms in total. The number of rotatable bonds is 12. The highest BCUT2D eigenvalue weighted by atomic mass is 127. The molecule has 0 aliphatic carbocycles. The summed E-state index contributed by atoms with van der Waals surface area (Å²) >= 11 is 5.63. The van der Waals surface area contributed by atoms with Crippen LogP contribution in [0, 0.1) is 3.57 Å². The maximum Gasteiger partial charge on any atom is 0.408 e. The molecular weight excluding hydrogens is 735 g/mol. The molecule has 0 bridgehead atoms. The summed E-state index contributed by atoms with van der Waals surface area (Å²) < 4.78 is 17.3. The lowest BCUT2D eigenvalue weighted by molar-refractivity contribution is -0.145. The summed E-state index contributed by atoms with van der Waals surface area (Å²) in [6, 6.07) is 9.29. The van der Waals surface area contributed by atoms with Gasteiger partial charge in [0.25, 0.3) is 0 Å². The van der Waals surface area contributed by atoms with Crippen LogP contribution >= 0.6 is 38.5 Å². The average molecular weight is 771 g/mol. The number of alkyl carbamates (subject to hydrolysis) is 1. The SMILES string of the molecule is COC(=O)[C@H](Cc1c[nH]c2c(Br)cccc12)NC(=O)CCNC(=O)C(Cc1ccc(OC)c(I)c1)NC(=O)OC(C)(C)C. The van der Waals surface area contributed by atoms with Gasteiger partial charge < -0.3 is 35.1 Å². The van der Waals surface area contributed by atoms with Gasteiger partial charge in [0.2, 0.25) is 11.8 Å². The van der Waals surface area contributed by atoms with E-state index < -0.39 is 41.6 Å². The number of halogens is 2. The minimum Gasteiger partial charge on any atom is -0.496 e. The van der Waals surface area contributed by atoms with Crippen molar-refractivity contribution in [2.75, 3.05) is 20.8 Å². The Kier molecular flexibility index (Phi) is 12.2. The molecule has 1 heterocycles. The molecule has 4 N–H and O–H groups in total. The second-order valence-electron chi connectivity index (χ2n) is 10.7. The van der Waals surface area contributed by atoms with Crippen molar-refractivity contribution in [1.29, 1.82) is 0 Å². The topological polar surface area (TPSA) is 148 Å². The quantitative estimate of drug-likeness (QED) is 0.158. The number of esters is 1. The van der Waals surface area contributed by atoms with Gasteiger partial charge in [-0.05, 0) is 88.6 Å². The third-order valence-electron chi connectivity index (χ3n) is 6.31. The number of para-hydroxylation sites is 1.